The van der Waals surface area contributed by atoms with Crippen LogP contribution in [0.1, 0.15) is 44.7 Å². The van der Waals surface area contributed by atoms with E-state index in [0.29, 0.717) is 6.61 Å². The fourth-order valence-corrected chi connectivity index (χ4v) is 3.54. The van der Waals surface area contributed by atoms with Crippen LogP contribution in [0.4, 0.5) is 0 Å². The zero-order valence-electron chi connectivity index (χ0n) is 16.2. The summed E-state index contributed by atoms with van der Waals surface area (Å²) in [5.41, 5.74) is 2.57. The van der Waals surface area contributed by atoms with Gasteiger partial charge in [-0.1, -0.05) is 61.0 Å². The molecule has 0 saturated heterocycles. The molecule has 4 heteroatoms. The summed E-state index contributed by atoms with van der Waals surface area (Å²) < 4.78 is 12.4. The number of halogens is 1. The summed E-state index contributed by atoms with van der Waals surface area (Å²) >= 11 is 3.41. The number of ether oxygens (including phenoxy) is 2. The first kappa shape index (κ1) is 19.9. The predicted molar refractivity (Wildman–Crippen MR) is 111 cm³/mol. The second-order valence-corrected chi connectivity index (χ2v) is 9.44. The van der Waals surface area contributed by atoms with Crippen LogP contribution in [0.2, 0.25) is 0 Å². The number of hydrogen-bond acceptors (Lipinski definition) is 3. The third kappa shape index (κ3) is 6.10. The first-order valence-corrected chi connectivity index (χ1v) is 10.2. The third-order valence-corrected chi connectivity index (χ3v) is 5.18. The van der Waals surface area contributed by atoms with Crippen molar-refractivity contribution in [1.82, 2.24) is 0 Å². The molecule has 0 amide bonds. The van der Waals surface area contributed by atoms with Gasteiger partial charge in [0.2, 0.25) is 0 Å². The first-order valence-electron chi connectivity index (χ1n) is 9.45. The molecule has 27 heavy (non-hydrogen) atoms. The maximum Gasteiger partial charge on any atom is 0.309 e. The molecule has 0 bridgehead atoms. The van der Waals surface area contributed by atoms with E-state index < -0.39 is 0 Å². The van der Waals surface area contributed by atoms with Crippen molar-refractivity contribution >= 4 is 21.9 Å². The molecule has 1 aliphatic rings. The number of benzene rings is 2. The van der Waals surface area contributed by atoms with Crippen molar-refractivity contribution in [2.45, 2.75) is 52.7 Å². The first-order chi connectivity index (χ1) is 12.8. The quantitative estimate of drug-likeness (QED) is 0.531. The van der Waals surface area contributed by atoms with Gasteiger partial charge in [0, 0.05) is 4.47 Å². The van der Waals surface area contributed by atoms with E-state index in [0.717, 1.165) is 35.0 Å². The van der Waals surface area contributed by atoms with Crippen LogP contribution >= 0.6 is 15.9 Å². The van der Waals surface area contributed by atoms with Gasteiger partial charge in [-0.05, 0) is 60.1 Å². The molecule has 0 atom stereocenters. The summed E-state index contributed by atoms with van der Waals surface area (Å²) in [5.74, 6) is 0.667. The lowest BCUT2D eigenvalue weighted by Crippen LogP contribution is -2.39. The highest BCUT2D eigenvalue weighted by atomic mass is 79.9. The largest absolute Gasteiger partial charge is 0.490 e. The number of hydrogen-bond donors (Lipinski definition) is 0. The van der Waals surface area contributed by atoms with E-state index in [2.05, 4.69) is 48.8 Å². The van der Waals surface area contributed by atoms with Crippen LogP contribution in [0.25, 0.3) is 0 Å². The molecule has 2 aromatic rings. The summed E-state index contributed by atoms with van der Waals surface area (Å²) in [6.45, 7) is 7.01. The topological polar surface area (TPSA) is 35.5 Å². The van der Waals surface area contributed by atoms with E-state index in [4.69, 9.17) is 9.47 Å². The molecule has 2 aromatic carbocycles. The van der Waals surface area contributed by atoms with E-state index in [1.165, 1.54) is 5.56 Å². The zero-order chi connectivity index (χ0) is 19.4. The van der Waals surface area contributed by atoms with E-state index in [1.54, 1.807) is 0 Å². The van der Waals surface area contributed by atoms with Crippen molar-refractivity contribution in [3.05, 3.63) is 64.1 Å². The van der Waals surface area contributed by atoms with Crippen molar-refractivity contribution in [2.75, 3.05) is 0 Å². The van der Waals surface area contributed by atoms with Crippen LogP contribution in [-0.2, 0) is 22.6 Å². The molecule has 0 N–H and O–H groups in total. The Kier molecular flexibility index (Phi) is 6.25. The lowest BCUT2D eigenvalue weighted by molar-refractivity contribution is -0.156. The molecule has 1 aliphatic carbocycles. The lowest BCUT2D eigenvalue weighted by Gasteiger charge is -2.33. The second-order valence-electron chi connectivity index (χ2n) is 8.53. The van der Waals surface area contributed by atoms with Gasteiger partial charge in [0.05, 0.1) is 5.92 Å². The van der Waals surface area contributed by atoms with Crippen molar-refractivity contribution in [2.24, 2.45) is 11.3 Å². The van der Waals surface area contributed by atoms with Gasteiger partial charge in [0.1, 0.15) is 18.5 Å². The SMILES string of the molecule is CC(C)(C)Cc1cccc(COC(=O)[C@H]2C[C@@H](Oc3ccc(Br)cc3)C2)c1. The van der Waals surface area contributed by atoms with Gasteiger partial charge in [0.15, 0.2) is 0 Å². The number of rotatable bonds is 6. The molecule has 3 nitrogen and oxygen atoms in total. The van der Waals surface area contributed by atoms with Gasteiger partial charge in [-0.15, -0.1) is 0 Å². The van der Waals surface area contributed by atoms with Crippen LogP contribution in [0.15, 0.2) is 53.0 Å². The normalized spacial score (nSPS) is 19.3. The molecule has 144 valence electrons. The monoisotopic (exact) mass is 430 g/mol. The maximum atomic E-state index is 12.3. The number of carbonyl (C=O) groups excluding carboxylic acids is 1. The van der Waals surface area contributed by atoms with Crippen LogP contribution in [0.5, 0.6) is 5.75 Å². The predicted octanol–water partition coefficient (Wildman–Crippen LogP) is 5.94. The number of esters is 1. The lowest BCUT2D eigenvalue weighted by atomic mass is 9.82. The van der Waals surface area contributed by atoms with Crippen LogP contribution < -0.4 is 4.74 Å². The summed E-state index contributed by atoms with van der Waals surface area (Å²) in [5, 5.41) is 0. The van der Waals surface area contributed by atoms with Crippen LogP contribution in [0, 0.1) is 11.3 Å². The fraction of sp³-hybridized carbons (Fsp3) is 0.435. The smallest absolute Gasteiger partial charge is 0.309 e. The Morgan fingerprint density at radius 1 is 1.07 bits per heavy atom. The molecule has 3 rings (SSSR count). The summed E-state index contributed by atoms with van der Waals surface area (Å²) in [6.07, 6.45) is 2.54. The van der Waals surface area contributed by atoms with Crippen molar-refractivity contribution in [3.63, 3.8) is 0 Å². The average Bonchev–Trinajstić information content (AvgIpc) is 2.56. The zero-order valence-corrected chi connectivity index (χ0v) is 17.8. The Morgan fingerprint density at radius 2 is 1.74 bits per heavy atom. The highest BCUT2D eigenvalue weighted by Crippen LogP contribution is 2.33. The van der Waals surface area contributed by atoms with Crippen molar-refractivity contribution < 1.29 is 14.3 Å². The summed E-state index contributed by atoms with van der Waals surface area (Å²) in [4.78, 5) is 12.3. The Balaban J connectivity index is 1.43. The third-order valence-electron chi connectivity index (χ3n) is 4.65. The Labute approximate surface area is 170 Å². The highest BCUT2D eigenvalue weighted by molar-refractivity contribution is 9.10. The molecular formula is C23H27BrO3. The molecule has 0 aliphatic heterocycles. The van der Waals surface area contributed by atoms with Gasteiger partial charge < -0.3 is 9.47 Å². The van der Waals surface area contributed by atoms with E-state index >= 15 is 0 Å². The molecule has 0 heterocycles. The van der Waals surface area contributed by atoms with Gasteiger partial charge in [-0.3, -0.25) is 4.79 Å². The molecule has 1 saturated carbocycles. The molecule has 1 fully saturated rings. The molecule has 0 spiro atoms. The maximum absolute atomic E-state index is 12.3. The van der Waals surface area contributed by atoms with E-state index in [1.807, 2.05) is 36.4 Å². The summed E-state index contributed by atoms with van der Waals surface area (Å²) in [7, 11) is 0. The summed E-state index contributed by atoms with van der Waals surface area (Å²) in [6, 6.07) is 16.1. The van der Waals surface area contributed by atoms with Crippen LogP contribution in [-0.4, -0.2) is 12.1 Å². The molecule has 0 aromatic heterocycles. The van der Waals surface area contributed by atoms with Crippen molar-refractivity contribution in [1.29, 1.82) is 0 Å². The number of carbonyl (C=O) groups is 1. The molecular weight excluding hydrogens is 404 g/mol. The minimum Gasteiger partial charge on any atom is -0.490 e. The molecule has 0 radical (unpaired) electrons. The van der Waals surface area contributed by atoms with Crippen LogP contribution in [0.3, 0.4) is 0 Å². The minimum atomic E-state index is -0.119. The Morgan fingerprint density at radius 3 is 2.41 bits per heavy atom. The van der Waals surface area contributed by atoms with E-state index in [-0.39, 0.29) is 23.4 Å². The Hall–Kier alpha value is -1.81. The van der Waals surface area contributed by atoms with Crippen molar-refractivity contribution in [3.8, 4) is 5.75 Å². The minimum absolute atomic E-state index is 0.0526. The van der Waals surface area contributed by atoms with Gasteiger partial charge >= 0.3 is 5.97 Å². The Bertz CT molecular complexity index is 771. The van der Waals surface area contributed by atoms with Gasteiger partial charge in [-0.25, -0.2) is 0 Å². The van der Waals surface area contributed by atoms with Gasteiger partial charge in [0.25, 0.3) is 0 Å². The second kappa shape index (κ2) is 8.47. The fourth-order valence-electron chi connectivity index (χ4n) is 3.27. The standard InChI is InChI=1S/C23H27BrO3/c1-23(2,3)14-16-5-4-6-17(11-16)15-26-22(25)18-12-21(13-18)27-20-9-7-19(24)8-10-20/h4-11,18,21H,12-15H2,1-3H3/t18-,21+. The highest BCUT2D eigenvalue weighted by Gasteiger charge is 2.37. The molecule has 0 unspecified atom stereocenters. The average molecular weight is 431 g/mol. The van der Waals surface area contributed by atoms with E-state index in [9.17, 15) is 4.79 Å². The van der Waals surface area contributed by atoms with Gasteiger partial charge in [-0.2, -0.15) is 0 Å².